The molecule has 0 amide bonds. The Kier molecular flexibility index (Phi) is 6.83. The molecule has 2 aromatic carbocycles. The summed E-state index contributed by atoms with van der Waals surface area (Å²) in [5.41, 5.74) is 13.0. The molecule has 0 nitrogen and oxygen atoms in total. The monoisotopic (exact) mass is 602 g/mol. The molecule has 0 fully saturated rings. The van der Waals surface area contributed by atoms with E-state index in [1.165, 1.54) is 0 Å². The molecule has 0 saturated heterocycles. The first-order valence-electron chi connectivity index (χ1n) is 12.8. The molecule has 0 saturated carbocycles. The van der Waals surface area contributed by atoms with E-state index in [0.717, 1.165) is 12.8 Å². The SMILES string of the molecule is CCc1ccc2c3c1[Si](C)(C)c1c(CC)ccc4c1[C](=C1C=CC=CC14)[Zr+2][C]3=C1C=CC=CC12.[Cl-].[Cl-]. The zero-order valence-corrected chi connectivity index (χ0v) is 26.2. The number of aryl methyl sites for hydroxylation is 2. The number of benzene rings is 2. The topological polar surface area (TPSA) is 0 Å². The first-order chi connectivity index (χ1) is 16.6. The van der Waals surface area contributed by atoms with Crippen LogP contribution < -0.4 is 35.2 Å². The summed E-state index contributed by atoms with van der Waals surface area (Å²) < 4.78 is 3.55. The molecule has 1 aliphatic heterocycles. The number of hydrogen-bond acceptors (Lipinski definition) is 0. The second-order valence-corrected chi connectivity index (χ2v) is 18.0. The maximum Gasteiger partial charge on any atom is -1.00 e. The summed E-state index contributed by atoms with van der Waals surface area (Å²) >= 11 is -1.03. The predicted molar refractivity (Wildman–Crippen MR) is 144 cm³/mol. The molecular weight excluding hydrogens is 575 g/mol. The van der Waals surface area contributed by atoms with Gasteiger partial charge in [-0.2, -0.15) is 0 Å². The summed E-state index contributed by atoms with van der Waals surface area (Å²) in [5.74, 6) is 0.919. The Morgan fingerprint density at radius 1 is 0.667 bits per heavy atom. The van der Waals surface area contributed by atoms with Crippen LogP contribution in [-0.4, -0.2) is 8.07 Å². The van der Waals surface area contributed by atoms with Crippen molar-refractivity contribution in [1.29, 1.82) is 0 Å². The second kappa shape index (κ2) is 9.39. The second-order valence-electron chi connectivity index (χ2n) is 10.7. The molecule has 5 aliphatic rings. The molecule has 180 valence electrons. The summed E-state index contributed by atoms with van der Waals surface area (Å²) in [6.07, 6.45) is 21.2. The van der Waals surface area contributed by atoms with Gasteiger partial charge in [0.15, 0.2) is 0 Å². The predicted octanol–water partition coefficient (Wildman–Crippen LogP) is 0.607. The molecule has 7 rings (SSSR count). The number of rotatable bonds is 2. The standard InChI is InChI=1S/C32H30Si.2ClH.Zr/c1-5-21-15-17-27-25-13-9-7-11-23(25)19-29(27)31(21)33(3,4)32-22(6-2)16-18-28-26-14-10-8-12-24(26)20-30(28)32;;;/h7-18,25-26H,5-6H2,1-4H3;2*1H;/q;;;+2/p-2. The molecule has 0 radical (unpaired) electrons. The summed E-state index contributed by atoms with van der Waals surface area (Å²) in [5, 5.41) is 3.53. The first-order valence-corrected chi connectivity index (χ1v) is 18.3. The average molecular weight is 605 g/mol. The molecule has 0 aromatic heterocycles. The number of hydrogen-bond donors (Lipinski definition) is 0. The Hall–Kier alpha value is -1.44. The fourth-order valence-corrected chi connectivity index (χ4v) is 16.5. The van der Waals surface area contributed by atoms with Gasteiger partial charge in [0.1, 0.15) is 0 Å². The molecule has 2 aromatic rings. The van der Waals surface area contributed by atoms with Crippen LogP contribution in [0.15, 0.2) is 84.0 Å². The van der Waals surface area contributed by atoms with Gasteiger partial charge in [-0.1, -0.05) is 0 Å². The fraction of sp³-hybridized carbons (Fsp3) is 0.250. The molecule has 2 unspecified atom stereocenters. The average Bonchev–Trinajstić information content (AvgIpc) is 3.35. The Morgan fingerprint density at radius 3 is 1.53 bits per heavy atom. The van der Waals surface area contributed by atoms with Crippen molar-refractivity contribution in [2.45, 2.75) is 51.6 Å². The van der Waals surface area contributed by atoms with E-state index in [-0.39, 0.29) is 24.8 Å². The minimum absolute atomic E-state index is 0. The molecule has 4 aliphatic carbocycles. The van der Waals surface area contributed by atoms with Crippen LogP contribution in [0.3, 0.4) is 0 Å². The molecule has 2 atom stereocenters. The Balaban J connectivity index is 0.00000133. The Labute approximate surface area is 240 Å². The van der Waals surface area contributed by atoms with Crippen molar-refractivity contribution in [1.82, 2.24) is 0 Å². The molecular formula is C32H30Cl2SiZr. The largest absolute Gasteiger partial charge is 1.00 e. The summed E-state index contributed by atoms with van der Waals surface area (Å²) in [6, 6.07) is 9.95. The zero-order chi connectivity index (χ0) is 23.2. The maximum atomic E-state index is 2.67. The maximum absolute atomic E-state index is 2.67. The normalized spacial score (nSPS) is 22.3. The third-order valence-corrected chi connectivity index (χ3v) is 16.2. The molecule has 0 N–H and O–H groups in total. The van der Waals surface area contributed by atoms with Gasteiger partial charge >= 0.3 is 217 Å². The summed E-state index contributed by atoms with van der Waals surface area (Å²) in [7, 11) is -1.98. The van der Waals surface area contributed by atoms with E-state index < -0.39 is 31.3 Å². The van der Waals surface area contributed by atoms with E-state index in [0.29, 0.717) is 11.8 Å². The summed E-state index contributed by atoms with van der Waals surface area (Å²) in [6.45, 7) is 10.1. The number of allylic oxidation sites excluding steroid dienone is 10. The van der Waals surface area contributed by atoms with Crippen LogP contribution in [0.5, 0.6) is 0 Å². The van der Waals surface area contributed by atoms with Gasteiger partial charge in [-0.25, -0.2) is 0 Å². The van der Waals surface area contributed by atoms with Gasteiger partial charge < -0.3 is 24.8 Å². The van der Waals surface area contributed by atoms with Crippen LogP contribution in [0.1, 0.15) is 59.1 Å². The van der Waals surface area contributed by atoms with E-state index in [9.17, 15) is 0 Å². The molecule has 0 spiro atoms. The van der Waals surface area contributed by atoms with Crippen LogP contribution >= 0.6 is 0 Å². The summed E-state index contributed by atoms with van der Waals surface area (Å²) in [4.78, 5) is 0. The number of fused-ring (bicyclic) bond motifs is 4. The smallest absolute Gasteiger partial charge is 1.00 e. The minimum atomic E-state index is -1.98. The third-order valence-electron chi connectivity index (χ3n) is 8.71. The van der Waals surface area contributed by atoms with Crippen LogP contribution in [0.2, 0.25) is 13.1 Å². The van der Waals surface area contributed by atoms with Crippen molar-refractivity contribution in [3.8, 4) is 0 Å². The van der Waals surface area contributed by atoms with E-state index in [4.69, 9.17) is 0 Å². The van der Waals surface area contributed by atoms with Crippen molar-refractivity contribution < 1.29 is 48.0 Å². The van der Waals surface area contributed by atoms with Gasteiger partial charge in [-0.3, -0.25) is 0 Å². The molecule has 4 heteroatoms. The zero-order valence-electron chi connectivity index (χ0n) is 21.3. The van der Waals surface area contributed by atoms with E-state index in [1.807, 2.05) is 0 Å². The van der Waals surface area contributed by atoms with Gasteiger partial charge in [0, 0.05) is 0 Å². The fourth-order valence-electron chi connectivity index (χ4n) is 7.31. The van der Waals surface area contributed by atoms with Crippen molar-refractivity contribution in [3.05, 3.63) is 117 Å². The van der Waals surface area contributed by atoms with E-state index >= 15 is 0 Å². The molecule has 36 heavy (non-hydrogen) atoms. The first kappa shape index (κ1) is 26.2. The van der Waals surface area contributed by atoms with Gasteiger partial charge in [-0.05, 0) is 0 Å². The number of halogens is 2. The quantitative estimate of drug-likeness (QED) is 0.441. The van der Waals surface area contributed by atoms with Crippen LogP contribution in [0.4, 0.5) is 0 Å². The van der Waals surface area contributed by atoms with E-state index in [2.05, 4.69) is 99.8 Å². The van der Waals surface area contributed by atoms with Crippen LogP contribution in [-0.2, 0) is 36.1 Å². The van der Waals surface area contributed by atoms with Gasteiger partial charge in [0.2, 0.25) is 0 Å². The van der Waals surface area contributed by atoms with E-state index in [1.54, 1.807) is 61.5 Å². The van der Waals surface area contributed by atoms with Crippen molar-refractivity contribution in [2.75, 3.05) is 0 Å². The minimum Gasteiger partial charge on any atom is -1.00 e. The van der Waals surface area contributed by atoms with Gasteiger partial charge in [0.25, 0.3) is 0 Å². The van der Waals surface area contributed by atoms with Crippen molar-refractivity contribution in [3.63, 3.8) is 0 Å². The van der Waals surface area contributed by atoms with Crippen LogP contribution in [0.25, 0.3) is 6.56 Å². The third kappa shape index (κ3) is 3.34. The Bertz CT molecular complexity index is 1370. The van der Waals surface area contributed by atoms with Gasteiger partial charge in [0.05, 0.1) is 0 Å². The molecule has 0 bridgehead atoms. The molecule has 1 heterocycles. The van der Waals surface area contributed by atoms with Gasteiger partial charge in [-0.15, -0.1) is 0 Å². The Morgan fingerprint density at radius 2 is 1.11 bits per heavy atom. The van der Waals surface area contributed by atoms with Crippen molar-refractivity contribution in [2.24, 2.45) is 0 Å². The van der Waals surface area contributed by atoms with Crippen molar-refractivity contribution >= 4 is 25.0 Å². The van der Waals surface area contributed by atoms with Crippen LogP contribution in [0, 0.1) is 0 Å².